The van der Waals surface area contributed by atoms with Crippen LogP contribution in [0.1, 0.15) is 51.5 Å². The highest BCUT2D eigenvalue weighted by molar-refractivity contribution is 5.86. The molecule has 0 aliphatic carbocycles. The Morgan fingerprint density at radius 2 is 1.62 bits per heavy atom. The van der Waals surface area contributed by atoms with Crippen LogP contribution in [0.3, 0.4) is 0 Å². The smallest absolute Gasteiger partial charge is 0.306 e. The molecule has 0 radical (unpaired) electrons. The molecule has 1 aromatic rings. The standard InChI is InChI=1S/C20H27N3O6.C6H11NO2.C2H6/c1-14-3-4-16(11-17(14)22(2)8-7-18(25)21-13-24)29-12-19(26)23-9-5-15(6-10-23)20(27)28;8-6(9)5-1-3-7-4-2-5;1-2/h3-4,11,13,15H,5-10,12H2,1-2H3,(H,27,28)(H,21,24,25);5,7H,1-4H2,(H,8,9);1-2H3. The van der Waals surface area contributed by atoms with E-state index < -0.39 is 11.9 Å². The average molecular weight is 565 g/mol. The number of carboxylic acids is 2. The summed E-state index contributed by atoms with van der Waals surface area (Å²) in [6, 6.07) is 5.45. The van der Waals surface area contributed by atoms with Gasteiger partial charge in [0.15, 0.2) is 6.61 Å². The molecule has 0 bridgehead atoms. The Hall–Kier alpha value is -3.67. The third-order valence-electron chi connectivity index (χ3n) is 6.73. The highest BCUT2D eigenvalue weighted by Gasteiger charge is 2.27. The lowest BCUT2D eigenvalue weighted by Crippen LogP contribution is -2.42. The van der Waals surface area contributed by atoms with Gasteiger partial charge in [-0.05, 0) is 57.3 Å². The minimum Gasteiger partial charge on any atom is -0.484 e. The number of piperidine rings is 2. The zero-order valence-electron chi connectivity index (χ0n) is 24.0. The highest BCUT2D eigenvalue weighted by Crippen LogP contribution is 2.25. The maximum Gasteiger partial charge on any atom is 0.306 e. The van der Waals surface area contributed by atoms with Gasteiger partial charge in [-0.25, -0.2) is 0 Å². The van der Waals surface area contributed by atoms with Gasteiger partial charge in [0.25, 0.3) is 5.91 Å². The monoisotopic (exact) mass is 564 g/mol. The van der Waals surface area contributed by atoms with Crippen LogP contribution in [0.5, 0.6) is 5.75 Å². The topological polar surface area (TPSA) is 166 Å². The average Bonchev–Trinajstić information content (AvgIpc) is 2.97. The van der Waals surface area contributed by atoms with Crippen LogP contribution >= 0.6 is 0 Å². The molecule has 0 unspecified atom stereocenters. The van der Waals surface area contributed by atoms with E-state index in [0.717, 1.165) is 37.2 Å². The predicted molar refractivity (Wildman–Crippen MR) is 150 cm³/mol. The van der Waals surface area contributed by atoms with Crippen LogP contribution in [0.15, 0.2) is 18.2 Å². The molecule has 3 rings (SSSR count). The maximum atomic E-state index is 12.3. The number of hydrogen-bond donors (Lipinski definition) is 4. The third kappa shape index (κ3) is 12.0. The number of nitrogens with one attached hydrogen (secondary N) is 2. The highest BCUT2D eigenvalue weighted by atomic mass is 16.5. The Morgan fingerprint density at radius 3 is 2.15 bits per heavy atom. The fourth-order valence-electron chi connectivity index (χ4n) is 4.30. The first-order valence-electron chi connectivity index (χ1n) is 13.7. The van der Waals surface area contributed by atoms with Gasteiger partial charge in [0.05, 0.1) is 11.8 Å². The molecule has 3 amide bonds. The number of aliphatic carboxylic acids is 2. The summed E-state index contributed by atoms with van der Waals surface area (Å²) in [5.74, 6) is -1.92. The summed E-state index contributed by atoms with van der Waals surface area (Å²) in [5, 5.41) is 22.8. The summed E-state index contributed by atoms with van der Waals surface area (Å²) in [6.07, 6.45) is 3.02. The van der Waals surface area contributed by atoms with Crippen LogP contribution in [0.2, 0.25) is 0 Å². The molecule has 2 fully saturated rings. The Labute approximate surface area is 236 Å². The molecule has 0 spiro atoms. The van der Waals surface area contributed by atoms with Crippen molar-refractivity contribution >= 4 is 35.9 Å². The van der Waals surface area contributed by atoms with E-state index >= 15 is 0 Å². The van der Waals surface area contributed by atoms with Crippen LogP contribution in [0.4, 0.5) is 5.69 Å². The summed E-state index contributed by atoms with van der Waals surface area (Å²) in [6.45, 7) is 8.79. The van der Waals surface area contributed by atoms with Gasteiger partial charge in [-0.2, -0.15) is 0 Å². The van der Waals surface area contributed by atoms with Crippen molar-refractivity contribution < 1.29 is 38.9 Å². The van der Waals surface area contributed by atoms with Crippen LogP contribution in [-0.2, 0) is 24.0 Å². The molecule has 0 saturated carbocycles. The number of likely N-dealkylation sites (tertiary alicyclic amines) is 1. The minimum absolute atomic E-state index is 0.0914. The Morgan fingerprint density at radius 1 is 1.05 bits per heavy atom. The lowest BCUT2D eigenvalue weighted by atomic mass is 9.97. The van der Waals surface area contributed by atoms with E-state index in [0.29, 0.717) is 44.6 Å². The predicted octanol–water partition coefficient (Wildman–Crippen LogP) is 1.89. The molecule has 2 saturated heterocycles. The Kier molecular flexibility index (Phi) is 16.0. The quantitative estimate of drug-likeness (QED) is 0.308. The van der Waals surface area contributed by atoms with Crippen molar-refractivity contribution in [1.82, 2.24) is 15.5 Å². The van der Waals surface area contributed by atoms with Gasteiger partial charge in [0, 0.05) is 44.9 Å². The van der Waals surface area contributed by atoms with Crippen molar-refractivity contribution in [3.8, 4) is 5.75 Å². The zero-order valence-corrected chi connectivity index (χ0v) is 24.0. The van der Waals surface area contributed by atoms with Gasteiger partial charge in [0.1, 0.15) is 5.75 Å². The van der Waals surface area contributed by atoms with E-state index in [1.807, 2.05) is 38.8 Å². The van der Waals surface area contributed by atoms with Gasteiger partial charge >= 0.3 is 11.9 Å². The van der Waals surface area contributed by atoms with Crippen molar-refractivity contribution in [3.05, 3.63) is 23.8 Å². The van der Waals surface area contributed by atoms with Gasteiger partial charge in [-0.3, -0.25) is 29.3 Å². The molecule has 0 aromatic heterocycles. The van der Waals surface area contributed by atoms with Crippen molar-refractivity contribution in [3.63, 3.8) is 0 Å². The first kappa shape index (κ1) is 34.4. The molecule has 12 nitrogen and oxygen atoms in total. The number of imide groups is 1. The lowest BCUT2D eigenvalue weighted by Gasteiger charge is -2.30. The minimum atomic E-state index is -0.812. The Balaban J connectivity index is 0.000000609. The van der Waals surface area contributed by atoms with E-state index in [-0.39, 0.29) is 36.7 Å². The van der Waals surface area contributed by atoms with Gasteiger partial charge < -0.3 is 30.1 Å². The number of hydrogen-bond acceptors (Lipinski definition) is 8. The van der Waals surface area contributed by atoms with Crippen molar-refractivity contribution in [2.24, 2.45) is 11.8 Å². The molecule has 0 atom stereocenters. The molecule has 2 aliphatic heterocycles. The number of aryl methyl sites for hydroxylation is 1. The summed E-state index contributed by atoms with van der Waals surface area (Å²) in [5.41, 5.74) is 1.84. The third-order valence-corrected chi connectivity index (χ3v) is 6.73. The fourth-order valence-corrected chi connectivity index (χ4v) is 4.30. The molecule has 2 heterocycles. The summed E-state index contributed by atoms with van der Waals surface area (Å²) < 4.78 is 5.65. The number of amides is 3. The van der Waals surface area contributed by atoms with Crippen LogP contribution < -0.4 is 20.3 Å². The van der Waals surface area contributed by atoms with E-state index in [1.165, 1.54) is 0 Å². The molecule has 40 heavy (non-hydrogen) atoms. The van der Waals surface area contributed by atoms with Crippen molar-refractivity contribution in [2.75, 3.05) is 51.3 Å². The number of nitrogens with zero attached hydrogens (tertiary/aromatic N) is 2. The Bertz CT molecular complexity index is 973. The number of carbonyl (C=O) groups is 5. The second-order valence-corrected chi connectivity index (χ2v) is 9.45. The number of anilines is 1. The normalized spacial score (nSPS) is 15.3. The van der Waals surface area contributed by atoms with E-state index in [1.54, 1.807) is 17.0 Å². The molecule has 1 aromatic carbocycles. The second-order valence-electron chi connectivity index (χ2n) is 9.45. The molecular formula is C28H44N4O8. The molecule has 2 aliphatic rings. The van der Waals surface area contributed by atoms with E-state index in [4.69, 9.17) is 14.9 Å². The number of benzene rings is 1. The van der Waals surface area contributed by atoms with Crippen molar-refractivity contribution in [1.29, 1.82) is 0 Å². The van der Waals surface area contributed by atoms with Crippen LogP contribution in [0.25, 0.3) is 0 Å². The maximum absolute atomic E-state index is 12.3. The van der Waals surface area contributed by atoms with Crippen LogP contribution in [0, 0.1) is 18.8 Å². The van der Waals surface area contributed by atoms with Crippen molar-refractivity contribution in [2.45, 2.75) is 52.9 Å². The van der Waals surface area contributed by atoms with Gasteiger partial charge in [-0.1, -0.05) is 19.9 Å². The first-order chi connectivity index (χ1) is 19.1. The molecular weight excluding hydrogens is 520 g/mol. The molecule has 224 valence electrons. The molecule has 12 heteroatoms. The zero-order chi connectivity index (χ0) is 30.1. The summed E-state index contributed by atoms with van der Waals surface area (Å²) in [7, 11) is 1.83. The van der Waals surface area contributed by atoms with Gasteiger partial charge in [0.2, 0.25) is 12.3 Å². The van der Waals surface area contributed by atoms with E-state index in [9.17, 15) is 24.0 Å². The SMILES string of the molecule is CC.Cc1ccc(OCC(=O)N2CCC(C(=O)O)CC2)cc1N(C)CCC(=O)NC=O.O=C(O)C1CCNCC1. The van der Waals surface area contributed by atoms with E-state index in [2.05, 4.69) is 10.6 Å². The summed E-state index contributed by atoms with van der Waals surface area (Å²) in [4.78, 5) is 58.9. The fraction of sp³-hybridized carbons (Fsp3) is 0.607. The summed E-state index contributed by atoms with van der Waals surface area (Å²) >= 11 is 0. The largest absolute Gasteiger partial charge is 0.484 e. The number of carboxylic acid groups (broad SMARTS) is 2. The molecule has 4 N–H and O–H groups in total. The van der Waals surface area contributed by atoms with Gasteiger partial charge in [-0.15, -0.1) is 0 Å². The number of ether oxygens (including phenoxy) is 1. The second kappa shape index (κ2) is 18.6. The number of rotatable bonds is 10. The lowest BCUT2D eigenvalue weighted by molar-refractivity contribution is -0.146. The first-order valence-corrected chi connectivity index (χ1v) is 13.7. The van der Waals surface area contributed by atoms with Crippen LogP contribution in [-0.4, -0.2) is 91.7 Å². The number of carbonyl (C=O) groups excluding carboxylic acids is 3.